The van der Waals surface area contributed by atoms with Crippen LogP contribution in [-0.4, -0.2) is 4.98 Å². The van der Waals surface area contributed by atoms with Crippen LogP contribution in [0.4, 0.5) is 0 Å². The van der Waals surface area contributed by atoms with Gasteiger partial charge in [-0.1, -0.05) is 12.8 Å². The molecule has 0 spiro atoms. The quantitative estimate of drug-likeness (QED) is 0.612. The Morgan fingerprint density at radius 3 is 3.18 bits per heavy atom. The van der Waals surface area contributed by atoms with Gasteiger partial charge in [-0.2, -0.15) is 0 Å². The molecule has 2 heteroatoms. The van der Waals surface area contributed by atoms with Crippen molar-refractivity contribution in [3.05, 3.63) is 17.8 Å². The van der Waals surface area contributed by atoms with Crippen LogP contribution >= 0.6 is 0 Å². The normalized spacial score (nSPS) is 9.45. The molecule has 0 aliphatic rings. The number of rotatable bonds is 3. The van der Waals surface area contributed by atoms with Crippen LogP contribution in [0.2, 0.25) is 0 Å². The Bertz CT molecular complexity index is 257. The van der Waals surface area contributed by atoms with Crippen LogP contribution in [0.5, 0.6) is 0 Å². The van der Waals surface area contributed by atoms with Gasteiger partial charge in [0.15, 0.2) is 5.89 Å². The fourth-order valence-electron chi connectivity index (χ4n) is 0.860. The maximum Gasteiger partial charge on any atom is 0.194 e. The molecule has 0 bridgehead atoms. The lowest BCUT2D eigenvalue weighted by atomic mass is 10.3. The molecule has 2 nitrogen and oxygen atoms in total. The molecule has 58 valence electrons. The molecule has 1 aromatic rings. The first-order valence-electron chi connectivity index (χ1n) is 3.74. The lowest BCUT2D eigenvalue weighted by Gasteiger charge is -1.87. The second-order valence-electron chi connectivity index (χ2n) is 2.35. The van der Waals surface area contributed by atoms with E-state index in [0.717, 1.165) is 24.5 Å². The molecular weight excluding hydrogens is 138 g/mol. The highest BCUT2D eigenvalue weighted by atomic mass is 16.4. The fourth-order valence-corrected chi connectivity index (χ4v) is 0.860. The van der Waals surface area contributed by atoms with E-state index in [1.807, 2.05) is 0 Å². The molecule has 1 aromatic heterocycles. The Morgan fingerprint density at radius 1 is 1.73 bits per heavy atom. The second kappa shape index (κ2) is 3.82. The maximum absolute atomic E-state index is 5.31. The Kier molecular flexibility index (Phi) is 2.74. The van der Waals surface area contributed by atoms with E-state index in [2.05, 4.69) is 17.8 Å². The van der Waals surface area contributed by atoms with Gasteiger partial charge in [-0.25, -0.2) is 4.98 Å². The molecule has 0 N–H and O–H groups in total. The van der Waals surface area contributed by atoms with Crippen LogP contribution < -0.4 is 0 Å². The summed E-state index contributed by atoms with van der Waals surface area (Å²) in [5.74, 6) is 4.08. The van der Waals surface area contributed by atoms with Crippen molar-refractivity contribution < 1.29 is 4.42 Å². The smallest absolute Gasteiger partial charge is 0.194 e. The molecule has 1 rings (SSSR count). The van der Waals surface area contributed by atoms with Crippen molar-refractivity contribution in [2.75, 3.05) is 0 Å². The largest absolute Gasteiger partial charge is 0.445 e. The standard InChI is InChI=1S/C9H11NO/c1-3-5-8-7-10-9(11-8)6-4-2/h1,7H,4-6H2,2H3. The molecule has 0 aliphatic heterocycles. The SMILES string of the molecule is C#CCc1cnc(CCC)o1. The number of aromatic nitrogens is 1. The zero-order valence-electron chi connectivity index (χ0n) is 6.63. The monoisotopic (exact) mass is 149 g/mol. The van der Waals surface area contributed by atoms with E-state index in [-0.39, 0.29) is 0 Å². The third kappa shape index (κ3) is 2.12. The lowest BCUT2D eigenvalue weighted by molar-refractivity contribution is 0.462. The van der Waals surface area contributed by atoms with Gasteiger partial charge in [0.25, 0.3) is 0 Å². The molecule has 0 saturated heterocycles. The number of oxazole rings is 1. The summed E-state index contributed by atoms with van der Waals surface area (Å²) in [7, 11) is 0. The van der Waals surface area contributed by atoms with E-state index in [1.165, 1.54) is 0 Å². The van der Waals surface area contributed by atoms with Crippen molar-refractivity contribution in [3.63, 3.8) is 0 Å². The molecule has 0 unspecified atom stereocenters. The minimum absolute atomic E-state index is 0.538. The molecule has 11 heavy (non-hydrogen) atoms. The van der Waals surface area contributed by atoms with Crippen LogP contribution in [0, 0.1) is 12.3 Å². The predicted molar refractivity (Wildman–Crippen MR) is 43.0 cm³/mol. The summed E-state index contributed by atoms with van der Waals surface area (Å²) in [6, 6.07) is 0. The van der Waals surface area contributed by atoms with Crippen molar-refractivity contribution in [1.29, 1.82) is 0 Å². The van der Waals surface area contributed by atoms with Crippen LogP contribution in [0.3, 0.4) is 0 Å². The summed E-state index contributed by atoms with van der Waals surface area (Å²) in [6.07, 6.45) is 9.29. The van der Waals surface area contributed by atoms with E-state index in [4.69, 9.17) is 10.8 Å². The van der Waals surface area contributed by atoms with E-state index in [1.54, 1.807) is 6.20 Å². The number of nitrogens with zero attached hydrogens (tertiary/aromatic N) is 1. The molecule has 0 aromatic carbocycles. The Hall–Kier alpha value is -1.23. The van der Waals surface area contributed by atoms with E-state index < -0.39 is 0 Å². The summed E-state index contributed by atoms with van der Waals surface area (Å²) < 4.78 is 5.31. The Morgan fingerprint density at radius 2 is 2.55 bits per heavy atom. The number of terminal acetylenes is 1. The average molecular weight is 149 g/mol. The van der Waals surface area contributed by atoms with Gasteiger partial charge in [0, 0.05) is 6.42 Å². The summed E-state index contributed by atoms with van der Waals surface area (Å²) in [5.41, 5.74) is 0. The first-order chi connectivity index (χ1) is 5.36. The van der Waals surface area contributed by atoms with Crippen molar-refractivity contribution in [1.82, 2.24) is 4.98 Å². The summed E-state index contributed by atoms with van der Waals surface area (Å²) in [4.78, 5) is 4.06. The van der Waals surface area contributed by atoms with E-state index in [9.17, 15) is 0 Å². The zero-order chi connectivity index (χ0) is 8.10. The average Bonchev–Trinajstić information content (AvgIpc) is 2.38. The fraction of sp³-hybridized carbons (Fsp3) is 0.444. The van der Waals surface area contributed by atoms with Gasteiger partial charge in [-0.3, -0.25) is 0 Å². The first-order valence-corrected chi connectivity index (χ1v) is 3.74. The summed E-state index contributed by atoms with van der Waals surface area (Å²) in [5, 5.41) is 0. The third-order valence-corrected chi connectivity index (χ3v) is 1.34. The first kappa shape index (κ1) is 7.87. The van der Waals surface area contributed by atoms with Gasteiger partial charge in [0.2, 0.25) is 0 Å². The molecule has 1 heterocycles. The van der Waals surface area contributed by atoms with Crippen molar-refractivity contribution in [2.24, 2.45) is 0 Å². The van der Waals surface area contributed by atoms with E-state index in [0.29, 0.717) is 6.42 Å². The lowest BCUT2D eigenvalue weighted by Crippen LogP contribution is -1.79. The summed E-state index contributed by atoms with van der Waals surface area (Å²) in [6.45, 7) is 2.09. The topological polar surface area (TPSA) is 26.0 Å². The molecule has 0 amide bonds. The van der Waals surface area contributed by atoms with Crippen LogP contribution in [0.1, 0.15) is 25.0 Å². The van der Waals surface area contributed by atoms with Gasteiger partial charge < -0.3 is 4.42 Å². The Balaban J connectivity index is 2.60. The van der Waals surface area contributed by atoms with Crippen LogP contribution in [-0.2, 0) is 12.8 Å². The van der Waals surface area contributed by atoms with Gasteiger partial charge in [0.05, 0.1) is 12.6 Å². The minimum atomic E-state index is 0.538. The highest BCUT2D eigenvalue weighted by Gasteiger charge is 1.99. The molecule has 0 aliphatic carbocycles. The third-order valence-electron chi connectivity index (χ3n) is 1.34. The second-order valence-corrected chi connectivity index (χ2v) is 2.35. The molecule has 0 atom stereocenters. The molecular formula is C9H11NO. The minimum Gasteiger partial charge on any atom is -0.445 e. The van der Waals surface area contributed by atoms with Gasteiger partial charge in [0.1, 0.15) is 5.76 Å². The number of hydrogen-bond donors (Lipinski definition) is 0. The van der Waals surface area contributed by atoms with Crippen molar-refractivity contribution in [2.45, 2.75) is 26.2 Å². The van der Waals surface area contributed by atoms with Crippen molar-refractivity contribution >= 4 is 0 Å². The van der Waals surface area contributed by atoms with Gasteiger partial charge in [-0.05, 0) is 6.42 Å². The Labute approximate surface area is 66.6 Å². The van der Waals surface area contributed by atoms with Gasteiger partial charge >= 0.3 is 0 Å². The molecule has 0 saturated carbocycles. The van der Waals surface area contributed by atoms with Crippen LogP contribution in [0.25, 0.3) is 0 Å². The van der Waals surface area contributed by atoms with E-state index >= 15 is 0 Å². The van der Waals surface area contributed by atoms with Crippen molar-refractivity contribution in [3.8, 4) is 12.3 Å². The summed E-state index contributed by atoms with van der Waals surface area (Å²) >= 11 is 0. The molecule has 0 radical (unpaired) electrons. The number of hydrogen-bond acceptors (Lipinski definition) is 2. The van der Waals surface area contributed by atoms with Gasteiger partial charge in [-0.15, -0.1) is 6.42 Å². The van der Waals surface area contributed by atoms with Crippen LogP contribution in [0.15, 0.2) is 10.6 Å². The zero-order valence-corrected chi connectivity index (χ0v) is 6.63. The highest BCUT2D eigenvalue weighted by Crippen LogP contribution is 2.05. The number of aryl methyl sites for hydroxylation is 1. The maximum atomic E-state index is 5.31. The predicted octanol–water partition coefficient (Wildman–Crippen LogP) is 1.80. The highest BCUT2D eigenvalue weighted by molar-refractivity contribution is 5.03. The molecule has 0 fully saturated rings.